The summed E-state index contributed by atoms with van der Waals surface area (Å²) in [6, 6.07) is 4.82. The Bertz CT molecular complexity index is 584. The Morgan fingerprint density at radius 3 is 2.76 bits per heavy atom. The number of carbonyl (C=O) groups excluding carboxylic acids is 2. The maximum Gasteiger partial charge on any atom is 0.189 e. The van der Waals surface area contributed by atoms with E-state index in [0.29, 0.717) is 11.1 Å². The monoisotopic (exact) mass is 225 g/mol. The molecule has 17 heavy (non-hydrogen) atoms. The van der Waals surface area contributed by atoms with Crippen molar-refractivity contribution < 1.29 is 9.59 Å². The van der Waals surface area contributed by atoms with Gasteiger partial charge < -0.3 is 0 Å². The number of Topliss-reactive ketones (excluding diaryl/α,β-unsaturated/α-hetero) is 2. The maximum atomic E-state index is 12.3. The van der Waals surface area contributed by atoms with E-state index in [1.165, 1.54) is 0 Å². The summed E-state index contributed by atoms with van der Waals surface area (Å²) >= 11 is 0. The van der Waals surface area contributed by atoms with Crippen molar-refractivity contribution in [3.8, 4) is 0 Å². The quantitative estimate of drug-likeness (QED) is 0.678. The largest absolute Gasteiger partial charge is 0.293 e. The SMILES string of the molecule is Cc1ccc2c(c1)C(=O)C1C=CC=NC1C2=O. The lowest BCUT2D eigenvalue weighted by Gasteiger charge is -2.27. The summed E-state index contributed by atoms with van der Waals surface area (Å²) in [4.78, 5) is 28.6. The predicted molar refractivity (Wildman–Crippen MR) is 64.8 cm³/mol. The van der Waals surface area contributed by atoms with Crippen molar-refractivity contribution >= 4 is 17.8 Å². The number of dihydropyridines is 1. The van der Waals surface area contributed by atoms with Gasteiger partial charge in [0.15, 0.2) is 11.6 Å². The van der Waals surface area contributed by atoms with Crippen LogP contribution in [0.15, 0.2) is 35.3 Å². The third-order valence-corrected chi connectivity index (χ3v) is 3.27. The molecule has 0 N–H and O–H groups in total. The van der Waals surface area contributed by atoms with Gasteiger partial charge in [-0.1, -0.05) is 23.8 Å². The lowest BCUT2D eigenvalue weighted by atomic mass is 9.77. The van der Waals surface area contributed by atoms with E-state index >= 15 is 0 Å². The number of carbonyl (C=O) groups is 2. The number of hydrogen-bond donors (Lipinski definition) is 0. The van der Waals surface area contributed by atoms with Crippen molar-refractivity contribution in [3.63, 3.8) is 0 Å². The van der Waals surface area contributed by atoms with Gasteiger partial charge in [0.05, 0.1) is 5.92 Å². The second kappa shape index (κ2) is 3.48. The fourth-order valence-electron chi connectivity index (χ4n) is 2.39. The van der Waals surface area contributed by atoms with Crippen molar-refractivity contribution in [1.29, 1.82) is 0 Å². The number of fused-ring (bicyclic) bond motifs is 2. The smallest absolute Gasteiger partial charge is 0.189 e. The molecule has 3 rings (SSSR count). The molecule has 1 heterocycles. The molecule has 0 amide bonds. The summed E-state index contributed by atoms with van der Waals surface area (Å²) in [6.45, 7) is 1.92. The fourth-order valence-corrected chi connectivity index (χ4v) is 2.39. The van der Waals surface area contributed by atoms with E-state index < -0.39 is 12.0 Å². The van der Waals surface area contributed by atoms with Crippen LogP contribution in [0.2, 0.25) is 0 Å². The van der Waals surface area contributed by atoms with E-state index in [2.05, 4.69) is 4.99 Å². The minimum atomic E-state index is -0.553. The summed E-state index contributed by atoms with van der Waals surface area (Å²) in [5.41, 5.74) is 2.04. The molecule has 3 nitrogen and oxygen atoms in total. The van der Waals surface area contributed by atoms with E-state index in [4.69, 9.17) is 0 Å². The van der Waals surface area contributed by atoms with Crippen LogP contribution in [0, 0.1) is 12.8 Å². The highest BCUT2D eigenvalue weighted by Gasteiger charge is 2.40. The highest BCUT2D eigenvalue weighted by atomic mass is 16.1. The van der Waals surface area contributed by atoms with Crippen LogP contribution in [-0.2, 0) is 0 Å². The van der Waals surface area contributed by atoms with Crippen molar-refractivity contribution in [2.75, 3.05) is 0 Å². The molecule has 84 valence electrons. The van der Waals surface area contributed by atoms with Crippen LogP contribution in [0.25, 0.3) is 0 Å². The van der Waals surface area contributed by atoms with Crippen molar-refractivity contribution in [1.82, 2.24) is 0 Å². The number of ketones is 2. The lowest BCUT2D eigenvalue weighted by Crippen LogP contribution is -2.39. The highest BCUT2D eigenvalue weighted by molar-refractivity contribution is 6.19. The molecule has 1 aliphatic heterocycles. The maximum absolute atomic E-state index is 12.3. The number of nitrogens with zero attached hydrogens (tertiary/aromatic N) is 1. The van der Waals surface area contributed by atoms with Gasteiger partial charge in [0.25, 0.3) is 0 Å². The third-order valence-electron chi connectivity index (χ3n) is 3.27. The molecule has 2 aliphatic rings. The van der Waals surface area contributed by atoms with Crippen LogP contribution in [0.1, 0.15) is 26.3 Å². The van der Waals surface area contributed by atoms with Crippen LogP contribution < -0.4 is 0 Å². The summed E-state index contributed by atoms with van der Waals surface area (Å²) < 4.78 is 0. The first-order chi connectivity index (χ1) is 8.18. The Labute approximate surface area is 98.9 Å². The Morgan fingerprint density at radius 2 is 1.94 bits per heavy atom. The fraction of sp³-hybridized carbons (Fsp3) is 0.214. The molecule has 0 bridgehead atoms. The van der Waals surface area contributed by atoms with E-state index in [-0.39, 0.29) is 11.6 Å². The number of hydrogen-bond acceptors (Lipinski definition) is 3. The molecular weight excluding hydrogens is 214 g/mol. The molecule has 0 spiro atoms. The van der Waals surface area contributed by atoms with Crippen LogP contribution in [0.4, 0.5) is 0 Å². The molecule has 0 aromatic heterocycles. The molecule has 2 unspecified atom stereocenters. The lowest BCUT2D eigenvalue weighted by molar-refractivity contribution is 0.0825. The van der Waals surface area contributed by atoms with Gasteiger partial charge in [-0.15, -0.1) is 0 Å². The van der Waals surface area contributed by atoms with Gasteiger partial charge in [-0.2, -0.15) is 0 Å². The van der Waals surface area contributed by atoms with Crippen LogP contribution in [-0.4, -0.2) is 23.8 Å². The summed E-state index contributed by atoms with van der Waals surface area (Å²) in [6.07, 6.45) is 5.09. The average molecular weight is 225 g/mol. The first-order valence-corrected chi connectivity index (χ1v) is 5.57. The Balaban J connectivity index is 2.21. The number of rotatable bonds is 0. The standard InChI is InChI=1S/C14H11NO2/c1-8-4-5-9-11(7-8)13(16)10-3-2-6-15-12(10)14(9)17/h2-7,10,12H,1H3. The molecular formula is C14H11NO2. The highest BCUT2D eigenvalue weighted by Crippen LogP contribution is 2.30. The first kappa shape index (κ1) is 10.1. The van der Waals surface area contributed by atoms with E-state index in [0.717, 1.165) is 5.56 Å². The average Bonchev–Trinajstić information content (AvgIpc) is 2.36. The molecule has 1 aromatic carbocycles. The number of aliphatic imine (C=N–C) groups is 1. The van der Waals surface area contributed by atoms with Crippen LogP contribution in [0.3, 0.4) is 0 Å². The normalized spacial score (nSPS) is 25.7. The molecule has 0 radical (unpaired) electrons. The predicted octanol–water partition coefficient (Wildman–Crippen LogP) is 2.00. The number of allylic oxidation sites excluding steroid dienone is 1. The molecule has 0 saturated carbocycles. The molecule has 1 aromatic rings. The van der Waals surface area contributed by atoms with Gasteiger partial charge >= 0.3 is 0 Å². The zero-order chi connectivity index (χ0) is 12.0. The minimum absolute atomic E-state index is 0.00130. The van der Waals surface area contributed by atoms with Gasteiger partial charge in [-0.3, -0.25) is 14.6 Å². The van der Waals surface area contributed by atoms with Crippen molar-refractivity contribution in [3.05, 3.63) is 47.0 Å². The number of benzene rings is 1. The molecule has 1 aliphatic carbocycles. The van der Waals surface area contributed by atoms with Gasteiger partial charge in [0, 0.05) is 17.3 Å². The zero-order valence-electron chi connectivity index (χ0n) is 9.38. The van der Waals surface area contributed by atoms with Crippen molar-refractivity contribution in [2.45, 2.75) is 13.0 Å². The van der Waals surface area contributed by atoms with Crippen molar-refractivity contribution in [2.24, 2.45) is 10.9 Å². The van der Waals surface area contributed by atoms with Gasteiger partial charge in [0.2, 0.25) is 0 Å². The van der Waals surface area contributed by atoms with E-state index in [9.17, 15) is 9.59 Å². The Kier molecular flexibility index (Phi) is 2.08. The number of aryl methyl sites for hydroxylation is 1. The van der Waals surface area contributed by atoms with Gasteiger partial charge in [-0.05, 0) is 19.1 Å². The van der Waals surface area contributed by atoms with Gasteiger partial charge in [0.1, 0.15) is 6.04 Å². The third kappa shape index (κ3) is 1.39. The van der Waals surface area contributed by atoms with Gasteiger partial charge in [-0.25, -0.2) is 0 Å². The van der Waals surface area contributed by atoms with E-state index in [1.807, 2.05) is 13.0 Å². The second-order valence-corrected chi connectivity index (χ2v) is 4.43. The van der Waals surface area contributed by atoms with E-state index in [1.54, 1.807) is 30.5 Å². The minimum Gasteiger partial charge on any atom is -0.293 e. The van der Waals surface area contributed by atoms with Crippen LogP contribution in [0.5, 0.6) is 0 Å². The molecule has 0 fully saturated rings. The summed E-state index contributed by atoms with van der Waals surface area (Å²) in [5, 5.41) is 0. The Morgan fingerprint density at radius 1 is 1.12 bits per heavy atom. The molecule has 3 heteroatoms. The topological polar surface area (TPSA) is 46.5 Å². The first-order valence-electron chi connectivity index (χ1n) is 5.57. The Hall–Kier alpha value is -2.03. The summed E-state index contributed by atoms with van der Waals surface area (Å²) in [7, 11) is 0. The second-order valence-electron chi connectivity index (χ2n) is 4.43. The molecule has 0 saturated heterocycles. The zero-order valence-corrected chi connectivity index (χ0v) is 9.38. The van der Waals surface area contributed by atoms with Crippen LogP contribution >= 0.6 is 0 Å². The molecule has 2 atom stereocenters. The summed E-state index contributed by atoms with van der Waals surface area (Å²) in [5.74, 6) is -0.464.